The molecule has 0 spiro atoms. The number of nitrogens with zero attached hydrogens (tertiary/aromatic N) is 3. The first kappa shape index (κ1) is 24.9. The number of rotatable bonds is 5. The first-order valence-corrected chi connectivity index (χ1v) is 14.3. The van der Waals surface area contributed by atoms with E-state index in [4.69, 9.17) is 4.42 Å². The van der Waals surface area contributed by atoms with Gasteiger partial charge in [0.2, 0.25) is 0 Å². The van der Waals surface area contributed by atoms with Crippen LogP contribution in [0.2, 0.25) is 0 Å². The first-order chi connectivity index (χ1) is 21.4. The Morgan fingerprint density at radius 2 is 1.00 bits per heavy atom. The van der Waals surface area contributed by atoms with E-state index in [9.17, 15) is 0 Å². The lowest BCUT2D eigenvalue weighted by atomic mass is 9.81. The lowest BCUT2D eigenvalue weighted by molar-refractivity contribution is 0.669. The molecule has 0 amide bonds. The molecule has 0 radical (unpaired) electrons. The highest BCUT2D eigenvalue weighted by Gasteiger charge is 2.25. The Morgan fingerprint density at radius 1 is 0.419 bits per heavy atom. The number of aromatic nitrogens is 3. The average molecular weight is 552 g/mol. The summed E-state index contributed by atoms with van der Waals surface area (Å²) in [6.07, 6.45) is 1.71. The van der Waals surface area contributed by atoms with Gasteiger partial charge in [0.25, 0.3) is 0 Å². The second-order valence-electron chi connectivity index (χ2n) is 10.5. The summed E-state index contributed by atoms with van der Waals surface area (Å²) in [7, 11) is 0. The Morgan fingerprint density at radius 3 is 1.67 bits per heavy atom. The van der Waals surface area contributed by atoms with Crippen LogP contribution in [0.25, 0.3) is 77.7 Å². The van der Waals surface area contributed by atoms with E-state index >= 15 is 0 Å². The zero-order valence-electron chi connectivity index (χ0n) is 23.2. The second kappa shape index (κ2) is 10.5. The summed E-state index contributed by atoms with van der Waals surface area (Å²) in [5.74, 6) is 0. The minimum atomic E-state index is 0.755. The Labute approximate surface area is 248 Å². The molecule has 202 valence electrons. The third-order valence-electron chi connectivity index (χ3n) is 8.01. The van der Waals surface area contributed by atoms with Gasteiger partial charge >= 0.3 is 0 Å². The van der Waals surface area contributed by atoms with Crippen LogP contribution in [-0.4, -0.2) is 15.4 Å². The van der Waals surface area contributed by atoms with Gasteiger partial charge in [-0.15, -0.1) is 10.2 Å². The predicted molar refractivity (Wildman–Crippen MR) is 174 cm³/mol. The Hall–Kier alpha value is -5.87. The van der Waals surface area contributed by atoms with Crippen LogP contribution in [0.1, 0.15) is 0 Å². The first-order valence-electron chi connectivity index (χ1n) is 14.3. The minimum absolute atomic E-state index is 0.755. The molecule has 43 heavy (non-hydrogen) atoms. The van der Waals surface area contributed by atoms with E-state index in [0.717, 1.165) is 77.7 Å². The van der Waals surface area contributed by atoms with Crippen molar-refractivity contribution in [1.82, 2.24) is 15.4 Å². The smallest absolute Gasteiger partial charge is 0.136 e. The molecule has 0 saturated carbocycles. The number of hydrogen-bond donors (Lipinski definition) is 0. The maximum absolute atomic E-state index is 6.42. The van der Waals surface area contributed by atoms with Crippen LogP contribution in [0.5, 0.6) is 0 Å². The summed E-state index contributed by atoms with van der Waals surface area (Å²) in [6.45, 7) is 0. The van der Waals surface area contributed by atoms with Crippen LogP contribution in [0, 0.1) is 0 Å². The highest BCUT2D eigenvalue weighted by molar-refractivity contribution is 6.18. The molecule has 8 aromatic rings. The van der Waals surface area contributed by atoms with E-state index < -0.39 is 0 Å². The van der Waals surface area contributed by atoms with Gasteiger partial charge in [-0.1, -0.05) is 127 Å². The van der Waals surface area contributed by atoms with Gasteiger partial charge in [-0.05, 0) is 62.4 Å². The van der Waals surface area contributed by atoms with Crippen molar-refractivity contribution in [3.8, 4) is 55.8 Å². The van der Waals surface area contributed by atoms with Crippen molar-refractivity contribution >= 4 is 21.9 Å². The molecule has 0 bridgehead atoms. The zero-order chi connectivity index (χ0) is 28.6. The molecule has 0 atom stereocenters. The molecule has 2 heterocycles. The SMILES string of the molecule is c1ccc(-c2ccc(-c3c(-c4ccccc4)ccc4oc5ccccc5c34)c(-c3ccnnn3)c2-c2ccccc2)cc1. The maximum Gasteiger partial charge on any atom is 0.136 e. The van der Waals surface area contributed by atoms with Gasteiger partial charge < -0.3 is 4.42 Å². The number of benzene rings is 6. The Balaban J connectivity index is 1.58. The van der Waals surface area contributed by atoms with Gasteiger partial charge in [-0.2, -0.15) is 0 Å². The summed E-state index contributed by atoms with van der Waals surface area (Å²) in [6, 6.07) is 50.5. The topological polar surface area (TPSA) is 51.8 Å². The molecule has 2 aromatic heterocycles. The summed E-state index contributed by atoms with van der Waals surface area (Å²) < 4.78 is 6.42. The maximum atomic E-state index is 6.42. The predicted octanol–water partition coefficient (Wildman–Crippen LogP) is 10.1. The van der Waals surface area contributed by atoms with E-state index in [1.165, 1.54) is 0 Å². The van der Waals surface area contributed by atoms with Crippen molar-refractivity contribution in [2.45, 2.75) is 0 Å². The number of fused-ring (bicyclic) bond motifs is 3. The largest absolute Gasteiger partial charge is 0.456 e. The molecule has 0 saturated heterocycles. The Kier molecular flexibility index (Phi) is 6.08. The summed E-state index contributed by atoms with van der Waals surface area (Å²) in [5, 5.41) is 14.9. The van der Waals surface area contributed by atoms with Crippen LogP contribution in [0.15, 0.2) is 156 Å². The van der Waals surface area contributed by atoms with E-state index in [0.29, 0.717) is 0 Å². The second-order valence-corrected chi connectivity index (χ2v) is 10.5. The highest BCUT2D eigenvalue weighted by Crippen LogP contribution is 2.50. The third-order valence-corrected chi connectivity index (χ3v) is 8.01. The molecule has 0 aliphatic carbocycles. The number of furan rings is 1. The van der Waals surface area contributed by atoms with Gasteiger partial charge in [-0.3, -0.25) is 0 Å². The normalized spacial score (nSPS) is 11.3. The van der Waals surface area contributed by atoms with Crippen molar-refractivity contribution in [3.63, 3.8) is 0 Å². The molecule has 0 N–H and O–H groups in total. The molecule has 0 fully saturated rings. The van der Waals surface area contributed by atoms with Crippen LogP contribution in [-0.2, 0) is 0 Å². The zero-order valence-corrected chi connectivity index (χ0v) is 23.2. The van der Waals surface area contributed by atoms with Gasteiger partial charge in [-0.25, -0.2) is 0 Å². The molecule has 6 aromatic carbocycles. The molecular weight excluding hydrogens is 526 g/mol. The van der Waals surface area contributed by atoms with Crippen LogP contribution < -0.4 is 0 Å². The summed E-state index contributed by atoms with van der Waals surface area (Å²) in [4.78, 5) is 0. The van der Waals surface area contributed by atoms with Crippen molar-refractivity contribution in [3.05, 3.63) is 152 Å². The fourth-order valence-electron chi connectivity index (χ4n) is 6.17. The standard InChI is InChI=1S/C39H25N3O/c1-4-12-26(13-5-1)29-20-21-32(38(33-24-25-40-42-41-33)36(29)28-16-8-3-9-17-28)37-30(27-14-6-2-7-15-27)22-23-35-39(37)31-18-10-11-19-34(31)43-35/h1-25H. The van der Waals surface area contributed by atoms with Crippen LogP contribution in [0.3, 0.4) is 0 Å². The van der Waals surface area contributed by atoms with Crippen molar-refractivity contribution in [2.75, 3.05) is 0 Å². The lowest BCUT2D eigenvalue weighted by Gasteiger charge is -2.21. The fourth-order valence-corrected chi connectivity index (χ4v) is 6.17. The minimum Gasteiger partial charge on any atom is -0.456 e. The summed E-state index contributed by atoms with van der Waals surface area (Å²) >= 11 is 0. The van der Waals surface area contributed by atoms with Crippen molar-refractivity contribution < 1.29 is 4.42 Å². The molecular formula is C39H25N3O. The van der Waals surface area contributed by atoms with Crippen LogP contribution in [0.4, 0.5) is 0 Å². The third kappa shape index (κ3) is 4.28. The lowest BCUT2D eigenvalue weighted by Crippen LogP contribution is -1.99. The molecule has 0 unspecified atom stereocenters. The molecule has 4 nitrogen and oxygen atoms in total. The summed E-state index contributed by atoms with van der Waals surface area (Å²) in [5.41, 5.74) is 12.3. The number of hydrogen-bond acceptors (Lipinski definition) is 4. The molecule has 4 heteroatoms. The molecule has 8 rings (SSSR count). The monoisotopic (exact) mass is 551 g/mol. The fraction of sp³-hybridized carbons (Fsp3) is 0. The number of para-hydroxylation sites is 1. The van der Waals surface area contributed by atoms with E-state index in [2.05, 4.69) is 131 Å². The Bertz CT molecular complexity index is 2210. The van der Waals surface area contributed by atoms with E-state index in [1.54, 1.807) is 6.20 Å². The molecule has 0 aliphatic rings. The molecule has 0 aliphatic heterocycles. The quantitative estimate of drug-likeness (QED) is 0.214. The van der Waals surface area contributed by atoms with E-state index in [-0.39, 0.29) is 0 Å². The van der Waals surface area contributed by atoms with Gasteiger partial charge in [0.05, 0.1) is 11.9 Å². The van der Waals surface area contributed by atoms with E-state index in [1.807, 2.05) is 30.3 Å². The highest BCUT2D eigenvalue weighted by atomic mass is 16.3. The van der Waals surface area contributed by atoms with Gasteiger partial charge in [0, 0.05) is 21.9 Å². The van der Waals surface area contributed by atoms with Crippen molar-refractivity contribution in [1.29, 1.82) is 0 Å². The van der Waals surface area contributed by atoms with Crippen LogP contribution >= 0.6 is 0 Å². The average Bonchev–Trinajstić information content (AvgIpc) is 3.48. The van der Waals surface area contributed by atoms with Crippen molar-refractivity contribution in [2.24, 2.45) is 0 Å². The van der Waals surface area contributed by atoms with Gasteiger partial charge in [0.1, 0.15) is 11.2 Å². The van der Waals surface area contributed by atoms with Gasteiger partial charge in [0.15, 0.2) is 0 Å².